The highest BCUT2D eigenvalue weighted by molar-refractivity contribution is 14.0. The van der Waals surface area contributed by atoms with Crippen molar-refractivity contribution < 1.29 is 0 Å². The number of hydrogen-bond donors (Lipinski definition) is 1. The van der Waals surface area contributed by atoms with Gasteiger partial charge in [-0.25, -0.2) is 4.99 Å². The Morgan fingerprint density at radius 3 is 2.07 bits per heavy atom. The molecule has 0 atom stereocenters. The van der Waals surface area contributed by atoms with Crippen molar-refractivity contribution in [3.05, 3.63) is 35.4 Å². The fourth-order valence-corrected chi connectivity index (χ4v) is 3.79. The predicted octanol–water partition coefficient (Wildman–Crippen LogP) is 3.00. The smallest absolute Gasteiger partial charge is 0.194 e. The molecule has 0 aromatic heterocycles. The highest BCUT2D eigenvalue weighted by atomic mass is 127. The van der Waals surface area contributed by atoms with Crippen LogP contribution in [0, 0.1) is 0 Å². The van der Waals surface area contributed by atoms with E-state index in [1.807, 2.05) is 0 Å². The van der Waals surface area contributed by atoms with Gasteiger partial charge in [0.05, 0.1) is 6.54 Å². The molecule has 0 saturated carbocycles. The second-order valence-electron chi connectivity index (χ2n) is 7.39. The number of aliphatic imine (C=N–C) groups is 1. The van der Waals surface area contributed by atoms with Gasteiger partial charge in [0.15, 0.2) is 5.96 Å². The minimum atomic E-state index is 0. The molecule has 6 heteroatoms. The van der Waals surface area contributed by atoms with E-state index in [0.29, 0.717) is 0 Å². The van der Waals surface area contributed by atoms with Gasteiger partial charge in [0.2, 0.25) is 0 Å². The van der Waals surface area contributed by atoms with Crippen molar-refractivity contribution in [3.63, 3.8) is 0 Å². The number of rotatable bonds is 6. The van der Waals surface area contributed by atoms with Crippen LogP contribution in [0.2, 0.25) is 0 Å². The number of halogens is 1. The van der Waals surface area contributed by atoms with E-state index in [-0.39, 0.29) is 24.0 Å². The Morgan fingerprint density at radius 1 is 0.889 bits per heavy atom. The number of hydrogen-bond acceptors (Lipinski definition) is 3. The molecule has 0 radical (unpaired) electrons. The maximum absolute atomic E-state index is 4.84. The average Bonchev–Trinajstić information content (AvgIpc) is 3.21. The van der Waals surface area contributed by atoms with Crippen LogP contribution in [0.1, 0.15) is 37.8 Å². The maximum atomic E-state index is 4.84. The number of nitrogens with zero attached hydrogens (tertiary/aromatic N) is 4. The van der Waals surface area contributed by atoms with Crippen LogP contribution in [0.15, 0.2) is 29.3 Å². The first-order valence-electron chi connectivity index (χ1n) is 10.3. The third-order valence-electron chi connectivity index (χ3n) is 5.49. The lowest BCUT2D eigenvalue weighted by Crippen LogP contribution is -2.45. The molecular formula is C21H36IN5. The Morgan fingerprint density at radius 2 is 1.48 bits per heavy atom. The monoisotopic (exact) mass is 485 g/mol. The average molecular weight is 485 g/mol. The van der Waals surface area contributed by atoms with E-state index in [1.165, 1.54) is 56.7 Å². The van der Waals surface area contributed by atoms with Gasteiger partial charge < -0.3 is 15.1 Å². The first-order chi connectivity index (χ1) is 12.8. The van der Waals surface area contributed by atoms with Gasteiger partial charge in [0.25, 0.3) is 0 Å². The Bertz CT molecular complexity index is 560. The minimum Gasteiger partial charge on any atom is -0.357 e. The first kappa shape index (κ1) is 22.4. The lowest BCUT2D eigenvalue weighted by molar-refractivity contribution is 0.132. The summed E-state index contributed by atoms with van der Waals surface area (Å²) in [5.41, 5.74) is 2.70. The van der Waals surface area contributed by atoms with Crippen molar-refractivity contribution in [2.24, 2.45) is 4.99 Å². The van der Waals surface area contributed by atoms with Crippen molar-refractivity contribution in [2.45, 2.75) is 39.8 Å². The Balaban J connectivity index is 0.00000261. The summed E-state index contributed by atoms with van der Waals surface area (Å²) in [4.78, 5) is 12.3. The van der Waals surface area contributed by atoms with Gasteiger partial charge in [-0.1, -0.05) is 31.2 Å². The number of likely N-dealkylation sites (tertiary alicyclic amines) is 1. The van der Waals surface area contributed by atoms with Crippen LogP contribution in [0.4, 0.5) is 0 Å². The standard InChI is InChI=1S/C21H35N5.HI/c1-3-22-21(26-11-5-6-12-26)23-17-19-7-9-20(10-8-19)18-25-15-13-24(4-2)14-16-25;/h7-10H,3-6,11-18H2,1-2H3,(H,22,23);1H. The molecule has 2 aliphatic rings. The number of likely N-dealkylation sites (N-methyl/N-ethyl adjacent to an activating group) is 1. The molecule has 2 saturated heterocycles. The molecule has 1 aromatic carbocycles. The van der Waals surface area contributed by atoms with Crippen LogP contribution in [0.3, 0.4) is 0 Å². The van der Waals surface area contributed by atoms with Gasteiger partial charge in [-0.15, -0.1) is 24.0 Å². The summed E-state index contributed by atoms with van der Waals surface area (Å²) in [6, 6.07) is 9.04. The SMILES string of the molecule is CCNC(=NCc1ccc(CN2CCN(CC)CC2)cc1)N1CCCC1.I. The zero-order valence-electron chi connectivity index (χ0n) is 17.0. The molecule has 3 rings (SSSR count). The molecule has 152 valence electrons. The Labute approximate surface area is 182 Å². The van der Waals surface area contributed by atoms with Crippen LogP contribution in [-0.4, -0.2) is 73.0 Å². The molecule has 5 nitrogen and oxygen atoms in total. The lowest BCUT2D eigenvalue weighted by atomic mass is 10.1. The number of benzene rings is 1. The summed E-state index contributed by atoms with van der Waals surface area (Å²) < 4.78 is 0. The highest BCUT2D eigenvalue weighted by Crippen LogP contribution is 2.12. The van der Waals surface area contributed by atoms with Crippen molar-refractivity contribution in [1.29, 1.82) is 0 Å². The minimum absolute atomic E-state index is 0. The normalized spacial score (nSPS) is 19.2. The van der Waals surface area contributed by atoms with Gasteiger partial charge in [-0.05, 0) is 37.4 Å². The second-order valence-corrected chi connectivity index (χ2v) is 7.39. The third kappa shape index (κ3) is 6.91. The van der Waals surface area contributed by atoms with E-state index < -0.39 is 0 Å². The van der Waals surface area contributed by atoms with E-state index in [4.69, 9.17) is 4.99 Å². The third-order valence-corrected chi connectivity index (χ3v) is 5.49. The zero-order chi connectivity index (χ0) is 18.2. The fraction of sp³-hybridized carbons (Fsp3) is 0.667. The summed E-state index contributed by atoms with van der Waals surface area (Å²) in [6.45, 7) is 15.4. The second kappa shape index (κ2) is 11.9. The Kier molecular flexibility index (Phi) is 9.86. The summed E-state index contributed by atoms with van der Waals surface area (Å²) in [6.07, 6.45) is 2.57. The van der Waals surface area contributed by atoms with Crippen LogP contribution < -0.4 is 5.32 Å². The molecule has 1 aromatic rings. The summed E-state index contributed by atoms with van der Waals surface area (Å²) in [5, 5.41) is 3.43. The van der Waals surface area contributed by atoms with Crippen molar-refractivity contribution in [3.8, 4) is 0 Å². The number of nitrogens with one attached hydrogen (secondary N) is 1. The van der Waals surface area contributed by atoms with E-state index >= 15 is 0 Å². The van der Waals surface area contributed by atoms with Crippen molar-refractivity contribution in [1.82, 2.24) is 20.0 Å². The summed E-state index contributed by atoms with van der Waals surface area (Å²) in [5.74, 6) is 1.07. The van der Waals surface area contributed by atoms with E-state index in [9.17, 15) is 0 Å². The quantitative estimate of drug-likeness (QED) is 0.382. The molecular weight excluding hydrogens is 449 g/mol. The molecule has 2 fully saturated rings. The molecule has 0 unspecified atom stereocenters. The number of guanidine groups is 1. The van der Waals surface area contributed by atoms with Gasteiger partial charge in [-0.3, -0.25) is 4.90 Å². The van der Waals surface area contributed by atoms with Crippen LogP contribution in [-0.2, 0) is 13.1 Å². The van der Waals surface area contributed by atoms with Gasteiger partial charge in [0.1, 0.15) is 0 Å². The van der Waals surface area contributed by atoms with Gasteiger partial charge >= 0.3 is 0 Å². The van der Waals surface area contributed by atoms with Gasteiger partial charge in [-0.2, -0.15) is 0 Å². The molecule has 2 heterocycles. The topological polar surface area (TPSA) is 34.1 Å². The molecule has 0 aliphatic carbocycles. The fourth-order valence-electron chi connectivity index (χ4n) is 3.79. The van der Waals surface area contributed by atoms with Crippen LogP contribution >= 0.6 is 24.0 Å². The summed E-state index contributed by atoms with van der Waals surface area (Å²) >= 11 is 0. The molecule has 0 spiro atoms. The maximum Gasteiger partial charge on any atom is 0.194 e. The lowest BCUT2D eigenvalue weighted by Gasteiger charge is -2.34. The first-order valence-corrected chi connectivity index (χ1v) is 10.3. The van der Waals surface area contributed by atoms with E-state index in [1.54, 1.807) is 0 Å². The zero-order valence-corrected chi connectivity index (χ0v) is 19.3. The van der Waals surface area contributed by atoms with Crippen molar-refractivity contribution in [2.75, 3.05) is 52.4 Å². The van der Waals surface area contributed by atoms with Crippen LogP contribution in [0.5, 0.6) is 0 Å². The molecule has 2 aliphatic heterocycles. The van der Waals surface area contributed by atoms with Crippen LogP contribution in [0.25, 0.3) is 0 Å². The Hall–Kier alpha value is -0.860. The van der Waals surface area contributed by atoms with E-state index in [2.05, 4.69) is 58.1 Å². The highest BCUT2D eigenvalue weighted by Gasteiger charge is 2.16. The molecule has 0 bridgehead atoms. The molecule has 0 amide bonds. The largest absolute Gasteiger partial charge is 0.357 e. The molecule has 1 N–H and O–H groups in total. The predicted molar refractivity (Wildman–Crippen MR) is 125 cm³/mol. The number of piperazine rings is 1. The van der Waals surface area contributed by atoms with Gasteiger partial charge in [0, 0.05) is 52.4 Å². The van der Waals surface area contributed by atoms with E-state index in [0.717, 1.165) is 38.7 Å². The molecule has 27 heavy (non-hydrogen) atoms. The van der Waals surface area contributed by atoms with Crippen molar-refractivity contribution >= 4 is 29.9 Å². The summed E-state index contributed by atoms with van der Waals surface area (Å²) in [7, 11) is 0.